The van der Waals surface area contributed by atoms with Gasteiger partial charge in [0, 0.05) is 32.1 Å². The van der Waals surface area contributed by atoms with Gasteiger partial charge in [-0.15, -0.1) is 24.0 Å². The summed E-state index contributed by atoms with van der Waals surface area (Å²) in [5, 5.41) is 3.50. The Labute approximate surface area is 145 Å². The molecular formula is C16H28IN3O. The predicted octanol–water partition coefficient (Wildman–Crippen LogP) is 3.53. The van der Waals surface area contributed by atoms with Crippen LogP contribution in [0.15, 0.2) is 27.8 Å². The van der Waals surface area contributed by atoms with E-state index in [0.717, 1.165) is 43.7 Å². The summed E-state index contributed by atoms with van der Waals surface area (Å²) in [6, 6.07) is 4.35. The Bertz CT molecular complexity index is 417. The van der Waals surface area contributed by atoms with Gasteiger partial charge in [-0.25, -0.2) is 0 Å². The largest absolute Gasteiger partial charge is 0.469 e. The zero-order valence-electron chi connectivity index (χ0n) is 13.3. The molecule has 0 aliphatic carbocycles. The van der Waals surface area contributed by atoms with Crippen molar-refractivity contribution in [1.29, 1.82) is 0 Å². The van der Waals surface area contributed by atoms with Gasteiger partial charge in [0.25, 0.3) is 0 Å². The summed E-state index contributed by atoms with van der Waals surface area (Å²) in [5.41, 5.74) is 0. The Morgan fingerprint density at radius 3 is 2.95 bits per heavy atom. The first-order chi connectivity index (χ1) is 9.65. The molecule has 1 aromatic heterocycles. The molecule has 0 radical (unpaired) electrons. The summed E-state index contributed by atoms with van der Waals surface area (Å²) in [4.78, 5) is 7.17. The van der Waals surface area contributed by atoms with Gasteiger partial charge in [-0.05, 0) is 44.7 Å². The van der Waals surface area contributed by atoms with Crippen molar-refractivity contribution >= 4 is 29.9 Å². The van der Waals surface area contributed by atoms with E-state index in [1.807, 2.05) is 12.1 Å². The van der Waals surface area contributed by atoms with Crippen LogP contribution < -0.4 is 5.32 Å². The van der Waals surface area contributed by atoms with Gasteiger partial charge >= 0.3 is 0 Å². The molecule has 1 N–H and O–H groups in total. The topological polar surface area (TPSA) is 40.8 Å². The van der Waals surface area contributed by atoms with Gasteiger partial charge in [-0.2, -0.15) is 0 Å². The number of nitrogens with one attached hydrogen (secondary N) is 1. The number of furan rings is 1. The summed E-state index contributed by atoms with van der Waals surface area (Å²) in [6.45, 7) is 9.64. The van der Waals surface area contributed by atoms with Crippen LogP contribution in [0.25, 0.3) is 0 Å². The van der Waals surface area contributed by atoms with Crippen LogP contribution in [-0.2, 0) is 6.42 Å². The molecule has 4 nitrogen and oxygen atoms in total. The Balaban J connectivity index is 0.00000220. The van der Waals surface area contributed by atoms with Gasteiger partial charge in [0.2, 0.25) is 0 Å². The maximum absolute atomic E-state index is 5.36. The first-order valence-corrected chi connectivity index (χ1v) is 7.73. The molecule has 1 aromatic rings. The molecule has 0 saturated carbocycles. The number of likely N-dealkylation sites (tertiary alicyclic amines) is 1. The molecule has 1 atom stereocenters. The summed E-state index contributed by atoms with van der Waals surface area (Å²) in [5.74, 6) is 2.82. The van der Waals surface area contributed by atoms with Crippen LogP contribution in [0.5, 0.6) is 0 Å². The first kappa shape index (κ1) is 18.3. The number of halogens is 1. The molecule has 2 heterocycles. The maximum atomic E-state index is 5.36. The fourth-order valence-corrected chi connectivity index (χ4v) is 2.60. The van der Waals surface area contributed by atoms with Crippen LogP contribution in [0.2, 0.25) is 0 Å². The van der Waals surface area contributed by atoms with Crippen molar-refractivity contribution in [1.82, 2.24) is 10.2 Å². The highest BCUT2D eigenvalue weighted by atomic mass is 127. The predicted molar refractivity (Wildman–Crippen MR) is 98.4 cm³/mol. The molecular weight excluding hydrogens is 377 g/mol. The molecule has 5 heteroatoms. The van der Waals surface area contributed by atoms with Crippen molar-refractivity contribution in [2.24, 2.45) is 10.9 Å². The first-order valence-electron chi connectivity index (χ1n) is 7.73. The van der Waals surface area contributed by atoms with Crippen molar-refractivity contribution in [3.05, 3.63) is 24.2 Å². The second kappa shape index (κ2) is 9.33. The molecule has 1 unspecified atom stereocenters. The fourth-order valence-electron chi connectivity index (χ4n) is 2.60. The number of rotatable bonds is 4. The summed E-state index contributed by atoms with van der Waals surface area (Å²) in [6.07, 6.45) is 5.17. The minimum atomic E-state index is 0. The second-order valence-electron chi connectivity index (χ2n) is 6.03. The zero-order chi connectivity index (χ0) is 14.4. The summed E-state index contributed by atoms with van der Waals surface area (Å²) < 4.78 is 5.36. The molecule has 0 bridgehead atoms. The van der Waals surface area contributed by atoms with Gasteiger partial charge < -0.3 is 14.6 Å². The second-order valence-corrected chi connectivity index (χ2v) is 6.03. The van der Waals surface area contributed by atoms with Crippen LogP contribution in [0.3, 0.4) is 0 Å². The molecule has 1 aliphatic heterocycles. The molecule has 1 fully saturated rings. The van der Waals surface area contributed by atoms with Crippen LogP contribution in [0.4, 0.5) is 0 Å². The lowest BCUT2D eigenvalue weighted by Gasteiger charge is -2.34. The standard InChI is InChI=1S/C16H27N3O.HI/c1-13(2)18-16(19-10-4-6-14(3)12-19)17-9-8-15-7-5-11-20-15;/h5,7,11,13-14H,4,6,8-10,12H2,1-3H3,(H,17,18);1H. The third-order valence-corrected chi connectivity index (χ3v) is 3.57. The Hall–Kier alpha value is -0.720. The van der Waals surface area contributed by atoms with Gasteiger partial charge in [-0.3, -0.25) is 4.99 Å². The summed E-state index contributed by atoms with van der Waals surface area (Å²) >= 11 is 0. The monoisotopic (exact) mass is 405 g/mol. The normalized spacial score (nSPS) is 19.5. The third kappa shape index (κ3) is 6.28. The van der Waals surface area contributed by atoms with Gasteiger partial charge in [0.1, 0.15) is 5.76 Å². The van der Waals surface area contributed by atoms with E-state index < -0.39 is 0 Å². The highest BCUT2D eigenvalue weighted by Crippen LogP contribution is 2.15. The number of aliphatic imine (C=N–C) groups is 1. The quantitative estimate of drug-likeness (QED) is 0.474. The molecule has 2 rings (SSSR count). The van der Waals surface area contributed by atoms with Crippen molar-refractivity contribution < 1.29 is 4.42 Å². The van der Waals surface area contributed by atoms with E-state index in [1.54, 1.807) is 6.26 Å². The van der Waals surface area contributed by atoms with E-state index in [-0.39, 0.29) is 24.0 Å². The SMILES string of the molecule is CC1CCCN(C(=NCCc2ccco2)NC(C)C)C1.I. The van der Waals surface area contributed by atoms with Crippen LogP contribution in [0.1, 0.15) is 39.4 Å². The van der Waals surface area contributed by atoms with E-state index in [1.165, 1.54) is 12.8 Å². The number of hydrogen-bond donors (Lipinski definition) is 1. The minimum absolute atomic E-state index is 0. The molecule has 0 spiro atoms. The lowest BCUT2D eigenvalue weighted by molar-refractivity contribution is 0.264. The average Bonchev–Trinajstić information content (AvgIpc) is 2.90. The Kier molecular flexibility index (Phi) is 8.14. The highest BCUT2D eigenvalue weighted by molar-refractivity contribution is 14.0. The van der Waals surface area contributed by atoms with E-state index in [2.05, 4.69) is 31.0 Å². The summed E-state index contributed by atoms with van der Waals surface area (Å²) in [7, 11) is 0. The lowest BCUT2D eigenvalue weighted by Crippen LogP contribution is -2.48. The highest BCUT2D eigenvalue weighted by Gasteiger charge is 2.19. The number of hydrogen-bond acceptors (Lipinski definition) is 2. The van der Waals surface area contributed by atoms with Crippen LogP contribution in [0, 0.1) is 5.92 Å². The molecule has 0 amide bonds. The fraction of sp³-hybridized carbons (Fsp3) is 0.688. The Morgan fingerprint density at radius 2 is 2.33 bits per heavy atom. The third-order valence-electron chi connectivity index (χ3n) is 3.57. The Morgan fingerprint density at radius 1 is 1.52 bits per heavy atom. The minimum Gasteiger partial charge on any atom is -0.469 e. The van der Waals surface area contributed by atoms with E-state index in [0.29, 0.717) is 6.04 Å². The molecule has 1 aliphatic rings. The smallest absolute Gasteiger partial charge is 0.194 e. The molecule has 21 heavy (non-hydrogen) atoms. The van der Waals surface area contributed by atoms with E-state index >= 15 is 0 Å². The van der Waals surface area contributed by atoms with Crippen molar-refractivity contribution in [2.45, 2.75) is 46.1 Å². The van der Waals surface area contributed by atoms with Crippen LogP contribution >= 0.6 is 24.0 Å². The van der Waals surface area contributed by atoms with Crippen LogP contribution in [-0.4, -0.2) is 36.5 Å². The van der Waals surface area contributed by atoms with Gasteiger partial charge in [0.15, 0.2) is 5.96 Å². The van der Waals surface area contributed by atoms with E-state index in [9.17, 15) is 0 Å². The number of piperidine rings is 1. The molecule has 0 aromatic carbocycles. The average molecular weight is 405 g/mol. The maximum Gasteiger partial charge on any atom is 0.194 e. The van der Waals surface area contributed by atoms with Gasteiger partial charge in [-0.1, -0.05) is 6.92 Å². The van der Waals surface area contributed by atoms with Gasteiger partial charge in [0.05, 0.1) is 6.26 Å². The lowest BCUT2D eigenvalue weighted by atomic mass is 10.0. The number of guanidine groups is 1. The molecule has 120 valence electrons. The van der Waals surface area contributed by atoms with Crippen molar-refractivity contribution in [3.8, 4) is 0 Å². The van der Waals surface area contributed by atoms with Crippen molar-refractivity contribution in [2.75, 3.05) is 19.6 Å². The van der Waals surface area contributed by atoms with Crippen molar-refractivity contribution in [3.63, 3.8) is 0 Å². The van der Waals surface area contributed by atoms with E-state index in [4.69, 9.17) is 9.41 Å². The molecule has 1 saturated heterocycles. The zero-order valence-corrected chi connectivity index (χ0v) is 15.7. The number of nitrogens with zero attached hydrogens (tertiary/aromatic N) is 2.